The predicted molar refractivity (Wildman–Crippen MR) is 135 cm³/mol. The standard InChI is InChI=1S/C30H48O5/c1-26(2)24-19(32)13-17-14-27(3)11-9-22-28(4,12-10-23(34)30(22,6)16-31)21(27)8-7-18(17)29(24,5)15-20(33)25(26)35/h13,18,20-25,31,33-35H,7-12,14-16H2,1-6H3/t18-,20+,21+,22+,23-,24-,25+,27-,28+,29+,30+/m0/s1. The zero-order chi connectivity index (χ0) is 25.8. The van der Waals surface area contributed by atoms with Crippen molar-refractivity contribution in [3.05, 3.63) is 11.6 Å². The second-order valence-electron chi connectivity index (χ2n) is 14.9. The van der Waals surface area contributed by atoms with E-state index in [9.17, 15) is 25.2 Å². The topological polar surface area (TPSA) is 98.0 Å². The molecule has 0 saturated heterocycles. The largest absolute Gasteiger partial charge is 0.396 e. The van der Waals surface area contributed by atoms with E-state index in [4.69, 9.17) is 0 Å². The van der Waals surface area contributed by atoms with Crippen molar-refractivity contribution in [1.29, 1.82) is 0 Å². The minimum Gasteiger partial charge on any atom is -0.396 e. The van der Waals surface area contributed by atoms with E-state index in [0.717, 1.165) is 44.9 Å². The van der Waals surface area contributed by atoms with E-state index in [0.29, 0.717) is 12.3 Å². The molecule has 5 aliphatic rings. The molecule has 0 aliphatic heterocycles. The summed E-state index contributed by atoms with van der Waals surface area (Å²) in [6.45, 7) is 13.1. The van der Waals surface area contributed by atoms with E-state index < -0.39 is 29.1 Å². The Balaban J connectivity index is 1.55. The number of aliphatic hydroxyl groups excluding tert-OH is 4. The molecule has 5 nitrogen and oxygen atoms in total. The van der Waals surface area contributed by atoms with E-state index in [1.165, 1.54) is 5.57 Å². The first-order valence-corrected chi connectivity index (χ1v) is 14.0. The molecule has 198 valence electrons. The van der Waals surface area contributed by atoms with Crippen LogP contribution in [0.25, 0.3) is 0 Å². The molecule has 5 aliphatic carbocycles. The highest BCUT2D eigenvalue weighted by Gasteiger charge is 2.65. The van der Waals surface area contributed by atoms with Gasteiger partial charge in [0.15, 0.2) is 5.78 Å². The summed E-state index contributed by atoms with van der Waals surface area (Å²) in [5.41, 5.74) is -0.113. The van der Waals surface area contributed by atoms with Crippen LogP contribution in [0.4, 0.5) is 0 Å². The maximum Gasteiger partial charge on any atom is 0.159 e. The van der Waals surface area contributed by atoms with Crippen LogP contribution in [0.3, 0.4) is 0 Å². The van der Waals surface area contributed by atoms with E-state index in [1.54, 1.807) is 0 Å². The van der Waals surface area contributed by atoms with Crippen molar-refractivity contribution >= 4 is 5.78 Å². The first-order valence-electron chi connectivity index (χ1n) is 14.0. The molecule has 0 spiro atoms. The second-order valence-corrected chi connectivity index (χ2v) is 14.9. The molecule has 5 rings (SSSR count). The van der Waals surface area contributed by atoms with Crippen molar-refractivity contribution in [2.75, 3.05) is 6.61 Å². The molecular formula is C30H48O5. The summed E-state index contributed by atoms with van der Waals surface area (Å²) >= 11 is 0. The smallest absolute Gasteiger partial charge is 0.159 e. The zero-order valence-electron chi connectivity index (χ0n) is 22.7. The number of hydrogen-bond acceptors (Lipinski definition) is 5. The van der Waals surface area contributed by atoms with Crippen molar-refractivity contribution in [1.82, 2.24) is 0 Å². The van der Waals surface area contributed by atoms with Crippen molar-refractivity contribution in [2.24, 2.45) is 50.7 Å². The molecule has 0 aromatic heterocycles. The summed E-state index contributed by atoms with van der Waals surface area (Å²) in [7, 11) is 0. The monoisotopic (exact) mass is 488 g/mol. The van der Waals surface area contributed by atoms with Crippen molar-refractivity contribution in [3.63, 3.8) is 0 Å². The first-order chi connectivity index (χ1) is 16.1. The number of aliphatic hydroxyl groups is 4. The average molecular weight is 489 g/mol. The molecule has 0 heterocycles. The molecule has 0 aromatic rings. The number of rotatable bonds is 1. The summed E-state index contributed by atoms with van der Waals surface area (Å²) in [5.74, 6) is 0.815. The van der Waals surface area contributed by atoms with E-state index in [1.807, 2.05) is 19.9 Å². The van der Waals surface area contributed by atoms with E-state index >= 15 is 0 Å². The molecule has 4 fully saturated rings. The number of carbonyl (C=O) groups excluding carboxylic acids is 1. The summed E-state index contributed by atoms with van der Waals surface area (Å²) < 4.78 is 0. The van der Waals surface area contributed by atoms with Crippen LogP contribution in [0.2, 0.25) is 0 Å². The molecule has 0 radical (unpaired) electrons. The van der Waals surface area contributed by atoms with Crippen LogP contribution >= 0.6 is 0 Å². The lowest BCUT2D eigenvalue weighted by Gasteiger charge is -2.64. The molecular weight excluding hydrogens is 440 g/mol. The van der Waals surface area contributed by atoms with Crippen LogP contribution in [0.15, 0.2) is 11.6 Å². The van der Waals surface area contributed by atoms with E-state index in [2.05, 4.69) is 27.7 Å². The summed E-state index contributed by atoms with van der Waals surface area (Å²) in [4.78, 5) is 13.7. The third-order valence-electron chi connectivity index (χ3n) is 12.7. The Morgan fingerprint density at radius 2 is 1.57 bits per heavy atom. The van der Waals surface area contributed by atoms with Gasteiger partial charge in [-0.2, -0.15) is 0 Å². The van der Waals surface area contributed by atoms with Gasteiger partial charge in [0, 0.05) is 16.7 Å². The van der Waals surface area contributed by atoms with Crippen molar-refractivity contribution in [3.8, 4) is 0 Å². The van der Waals surface area contributed by atoms with Crippen molar-refractivity contribution in [2.45, 2.75) is 111 Å². The fraction of sp³-hybridized carbons (Fsp3) is 0.900. The number of ketones is 1. The molecule has 5 heteroatoms. The number of carbonyl (C=O) groups is 1. The van der Waals surface area contributed by atoms with Crippen LogP contribution in [0, 0.1) is 50.7 Å². The highest BCUT2D eigenvalue weighted by molar-refractivity contribution is 5.95. The van der Waals surface area contributed by atoms with E-state index in [-0.39, 0.29) is 46.4 Å². The molecule has 0 aromatic carbocycles. The van der Waals surface area contributed by atoms with Crippen LogP contribution < -0.4 is 0 Å². The van der Waals surface area contributed by atoms with Gasteiger partial charge in [-0.25, -0.2) is 0 Å². The van der Waals surface area contributed by atoms with Crippen molar-refractivity contribution < 1.29 is 25.2 Å². The minimum absolute atomic E-state index is 0.0230. The van der Waals surface area contributed by atoms with Gasteiger partial charge in [-0.1, -0.05) is 47.1 Å². The molecule has 0 amide bonds. The molecule has 4 saturated carbocycles. The average Bonchev–Trinajstić information content (AvgIpc) is 2.91. The zero-order valence-corrected chi connectivity index (χ0v) is 22.7. The Morgan fingerprint density at radius 3 is 2.23 bits per heavy atom. The number of hydrogen-bond donors (Lipinski definition) is 4. The maximum atomic E-state index is 13.7. The lowest BCUT2D eigenvalue weighted by atomic mass is 9.42. The normalized spacial score (nSPS) is 55.5. The summed E-state index contributed by atoms with van der Waals surface area (Å²) in [5, 5.41) is 43.0. The van der Waals surface area contributed by atoms with Gasteiger partial charge < -0.3 is 20.4 Å². The molecule has 0 unspecified atom stereocenters. The van der Waals surface area contributed by atoms with Gasteiger partial charge >= 0.3 is 0 Å². The van der Waals surface area contributed by atoms with Crippen LogP contribution in [-0.4, -0.2) is 51.1 Å². The highest BCUT2D eigenvalue weighted by atomic mass is 16.3. The minimum atomic E-state index is -0.894. The van der Waals surface area contributed by atoms with Crippen LogP contribution in [0.5, 0.6) is 0 Å². The van der Waals surface area contributed by atoms with Crippen LogP contribution in [0.1, 0.15) is 92.9 Å². The first kappa shape index (κ1) is 25.9. The Kier molecular flexibility index (Phi) is 5.83. The quantitative estimate of drug-likeness (QED) is 0.442. The maximum absolute atomic E-state index is 13.7. The predicted octanol–water partition coefficient (Wildman–Crippen LogP) is 4.26. The molecule has 35 heavy (non-hydrogen) atoms. The second kappa shape index (κ2) is 7.88. The summed E-state index contributed by atoms with van der Waals surface area (Å²) in [6.07, 6.45) is 6.98. The third kappa shape index (κ3) is 3.30. The van der Waals surface area contributed by atoms with Gasteiger partial charge in [-0.15, -0.1) is 0 Å². The highest BCUT2D eigenvalue weighted by Crippen LogP contribution is 2.70. The van der Waals surface area contributed by atoms with Gasteiger partial charge in [-0.3, -0.25) is 4.79 Å². The Hall–Kier alpha value is -0.750. The Morgan fingerprint density at radius 1 is 0.886 bits per heavy atom. The summed E-state index contributed by atoms with van der Waals surface area (Å²) in [6, 6.07) is 0. The number of fused-ring (bicyclic) bond motifs is 6. The third-order valence-corrected chi connectivity index (χ3v) is 12.7. The lowest BCUT2D eigenvalue weighted by molar-refractivity contribution is -0.189. The Labute approximate surface area is 211 Å². The fourth-order valence-electron chi connectivity index (χ4n) is 11.1. The van der Waals surface area contributed by atoms with Crippen LogP contribution in [-0.2, 0) is 4.79 Å². The number of allylic oxidation sites excluding steroid dienone is 2. The fourth-order valence-corrected chi connectivity index (χ4v) is 11.1. The molecule has 11 atom stereocenters. The molecule has 0 bridgehead atoms. The van der Waals surface area contributed by atoms with Gasteiger partial charge in [0.25, 0.3) is 0 Å². The van der Waals surface area contributed by atoms with Gasteiger partial charge in [-0.05, 0) is 91.4 Å². The van der Waals surface area contributed by atoms with Gasteiger partial charge in [0.2, 0.25) is 0 Å². The van der Waals surface area contributed by atoms with Gasteiger partial charge in [0.05, 0.1) is 24.9 Å². The lowest BCUT2D eigenvalue weighted by Crippen LogP contribution is -2.62. The SMILES string of the molecule is CC1(C)[C@H](O)[C@H](O)C[C@]2(C)[C@H]3CC[C@@H]4[C@@](C)(CC[C@@H]5[C@]4(C)CC[C@H](O)[C@]5(C)CO)CC3=CC(=O)[C@@H]12. The molecule has 4 N–H and O–H groups in total. The van der Waals surface area contributed by atoms with Gasteiger partial charge in [0.1, 0.15) is 0 Å². The Bertz CT molecular complexity index is 926.